The van der Waals surface area contributed by atoms with Crippen LogP contribution in [0, 0.1) is 11.3 Å². The standard InChI is InChI=1S/C24H29N5O4/c1-24(2,3)33-23(31)28-22(26-4)27-21(30)19-18(32-15-16-10-8-7-9-11-16)13-12-17(14-25)20(19)29(5)6/h7-13H,15H2,1-6H3,(H2,26,27,28,30,31). The van der Waals surface area contributed by atoms with Gasteiger partial charge in [-0.2, -0.15) is 5.26 Å². The molecule has 2 N–H and O–H groups in total. The van der Waals surface area contributed by atoms with Gasteiger partial charge in [-0.05, 0) is 38.5 Å². The summed E-state index contributed by atoms with van der Waals surface area (Å²) in [6, 6.07) is 14.8. The highest BCUT2D eigenvalue weighted by Gasteiger charge is 2.25. The minimum atomic E-state index is -0.762. The van der Waals surface area contributed by atoms with Gasteiger partial charge < -0.3 is 14.4 Å². The van der Waals surface area contributed by atoms with Crippen LogP contribution in [-0.4, -0.2) is 44.7 Å². The number of carbonyl (C=O) groups is 2. The molecule has 0 aliphatic carbocycles. The lowest BCUT2D eigenvalue weighted by atomic mass is 10.0. The molecule has 2 aromatic carbocycles. The molecule has 0 spiro atoms. The van der Waals surface area contributed by atoms with Crippen molar-refractivity contribution >= 4 is 23.6 Å². The molecule has 9 nitrogen and oxygen atoms in total. The number of carbonyl (C=O) groups excluding carboxylic acids is 2. The third kappa shape index (κ3) is 7.25. The van der Waals surface area contributed by atoms with Crippen molar-refractivity contribution in [1.29, 1.82) is 5.26 Å². The summed E-state index contributed by atoms with van der Waals surface area (Å²) in [4.78, 5) is 31.0. The summed E-state index contributed by atoms with van der Waals surface area (Å²) in [5.41, 5.74) is 1.02. The number of benzene rings is 2. The fraction of sp³-hybridized carbons (Fsp3) is 0.333. The normalized spacial score (nSPS) is 11.2. The highest BCUT2D eigenvalue weighted by Crippen LogP contribution is 2.32. The van der Waals surface area contributed by atoms with Crippen molar-refractivity contribution in [3.8, 4) is 11.8 Å². The number of guanidine groups is 1. The Morgan fingerprint density at radius 1 is 1.09 bits per heavy atom. The molecule has 0 saturated heterocycles. The summed E-state index contributed by atoms with van der Waals surface area (Å²) in [5.74, 6) is -0.419. The average molecular weight is 452 g/mol. The predicted molar refractivity (Wildman–Crippen MR) is 126 cm³/mol. The molecular formula is C24H29N5O4. The number of amides is 2. The van der Waals surface area contributed by atoms with Crippen LogP contribution in [0.5, 0.6) is 5.75 Å². The molecule has 0 saturated carbocycles. The average Bonchev–Trinajstić information content (AvgIpc) is 2.75. The van der Waals surface area contributed by atoms with E-state index in [1.807, 2.05) is 30.3 Å². The Hall–Kier alpha value is -4.06. The fourth-order valence-electron chi connectivity index (χ4n) is 2.92. The number of alkyl carbamates (subject to hydrolysis) is 1. The highest BCUT2D eigenvalue weighted by atomic mass is 16.6. The van der Waals surface area contributed by atoms with Crippen molar-refractivity contribution in [2.45, 2.75) is 33.0 Å². The van der Waals surface area contributed by atoms with E-state index in [9.17, 15) is 14.9 Å². The van der Waals surface area contributed by atoms with Gasteiger partial charge in [0, 0.05) is 21.1 Å². The quantitative estimate of drug-likeness (QED) is 0.531. The molecule has 0 aliphatic rings. The summed E-state index contributed by atoms with van der Waals surface area (Å²) >= 11 is 0. The molecule has 0 atom stereocenters. The maximum atomic E-state index is 13.3. The number of nitriles is 1. The van der Waals surface area contributed by atoms with Crippen LogP contribution >= 0.6 is 0 Å². The fourth-order valence-corrected chi connectivity index (χ4v) is 2.92. The van der Waals surface area contributed by atoms with E-state index < -0.39 is 17.6 Å². The third-order valence-corrected chi connectivity index (χ3v) is 4.25. The summed E-state index contributed by atoms with van der Waals surface area (Å²) in [6.07, 6.45) is -0.762. The minimum absolute atomic E-state index is 0.102. The molecule has 0 aromatic heterocycles. The van der Waals surface area contributed by atoms with Gasteiger partial charge in [-0.25, -0.2) is 4.79 Å². The lowest BCUT2D eigenvalue weighted by Crippen LogP contribution is -2.46. The molecule has 0 radical (unpaired) electrons. The predicted octanol–water partition coefficient (Wildman–Crippen LogP) is 3.44. The number of hydrogen-bond acceptors (Lipinski definition) is 7. The first-order valence-corrected chi connectivity index (χ1v) is 10.2. The van der Waals surface area contributed by atoms with Crippen LogP contribution in [0.4, 0.5) is 10.5 Å². The first-order chi connectivity index (χ1) is 15.6. The Kier molecular flexibility index (Phi) is 8.40. The molecule has 2 aromatic rings. The number of nitrogens with one attached hydrogen (secondary N) is 2. The van der Waals surface area contributed by atoms with Gasteiger partial charge in [0.2, 0.25) is 5.96 Å². The van der Waals surface area contributed by atoms with Crippen LogP contribution in [0.15, 0.2) is 47.5 Å². The molecule has 0 fully saturated rings. The van der Waals surface area contributed by atoms with E-state index in [0.29, 0.717) is 11.3 Å². The second kappa shape index (κ2) is 11.0. The van der Waals surface area contributed by atoms with Crippen LogP contribution in [0.2, 0.25) is 0 Å². The van der Waals surface area contributed by atoms with Gasteiger partial charge >= 0.3 is 6.09 Å². The van der Waals surface area contributed by atoms with E-state index in [2.05, 4.69) is 21.7 Å². The van der Waals surface area contributed by atoms with Crippen LogP contribution in [0.1, 0.15) is 42.3 Å². The Morgan fingerprint density at radius 2 is 1.76 bits per heavy atom. The molecular weight excluding hydrogens is 422 g/mol. The lowest BCUT2D eigenvalue weighted by Gasteiger charge is -2.22. The van der Waals surface area contributed by atoms with Crippen molar-refractivity contribution < 1.29 is 19.1 Å². The van der Waals surface area contributed by atoms with Gasteiger partial charge in [-0.1, -0.05) is 30.3 Å². The summed E-state index contributed by atoms with van der Waals surface area (Å²) in [6.45, 7) is 5.40. The van der Waals surface area contributed by atoms with E-state index >= 15 is 0 Å². The van der Waals surface area contributed by atoms with E-state index in [0.717, 1.165) is 5.56 Å². The molecule has 2 rings (SSSR count). The Bertz CT molecular complexity index is 1070. The summed E-state index contributed by atoms with van der Waals surface area (Å²) in [7, 11) is 4.86. The molecule has 33 heavy (non-hydrogen) atoms. The van der Waals surface area contributed by atoms with Crippen molar-refractivity contribution in [3.05, 3.63) is 59.2 Å². The molecule has 0 bridgehead atoms. The van der Waals surface area contributed by atoms with Gasteiger partial charge in [0.15, 0.2) is 0 Å². The van der Waals surface area contributed by atoms with E-state index in [1.54, 1.807) is 51.9 Å². The van der Waals surface area contributed by atoms with E-state index in [1.165, 1.54) is 7.05 Å². The van der Waals surface area contributed by atoms with Crippen LogP contribution in [0.3, 0.4) is 0 Å². The van der Waals surface area contributed by atoms with Crippen molar-refractivity contribution in [2.24, 2.45) is 4.99 Å². The maximum absolute atomic E-state index is 13.3. The molecule has 0 unspecified atom stereocenters. The number of rotatable bonds is 5. The Labute approximate surface area is 194 Å². The Morgan fingerprint density at radius 3 is 2.30 bits per heavy atom. The minimum Gasteiger partial charge on any atom is -0.488 e. The molecule has 0 aliphatic heterocycles. The first-order valence-electron chi connectivity index (χ1n) is 10.2. The number of aliphatic imine (C=N–C) groups is 1. The summed E-state index contributed by atoms with van der Waals surface area (Å²) < 4.78 is 11.2. The maximum Gasteiger partial charge on any atom is 0.414 e. The second-order valence-electron chi connectivity index (χ2n) is 8.27. The number of ether oxygens (including phenoxy) is 2. The molecule has 174 valence electrons. The zero-order chi connectivity index (χ0) is 24.6. The van der Waals surface area contributed by atoms with Gasteiger partial charge in [0.05, 0.1) is 11.3 Å². The highest BCUT2D eigenvalue weighted by molar-refractivity contribution is 6.13. The largest absolute Gasteiger partial charge is 0.488 e. The van der Waals surface area contributed by atoms with Crippen LogP contribution < -0.4 is 20.3 Å². The van der Waals surface area contributed by atoms with Crippen LogP contribution in [-0.2, 0) is 11.3 Å². The molecule has 2 amide bonds. The zero-order valence-electron chi connectivity index (χ0n) is 19.7. The van der Waals surface area contributed by atoms with Crippen molar-refractivity contribution in [1.82, 2.24) is 10.6 Å². The van der Waals surface area contributed by atoms with E-state index in [-0.39, 0.29) is 23.9 Å². The molecule has 0 heterocycles. The van der Waals surface area contributed by atoms with Crippen LogP contribution in [0.25, 0.3) is 0 Å². The number of nitrogens with zero attached hydrogens (tertiary/aromatic N) is 3. The second-order valence-corrected chi connectivity index (χ2v) is 8.27. The summed E-state index contributed by atoms with van der Waals surface area (Å²) in [5, 5.41) is 14.6. The third-order valence-electron chi connectivity index (χ3n) is 4.25. The monoisotopic (exact) mass is 451 g/mol. The number of anilines is 1. The topological polar surface area (TPSA) is 116 Å². The van der Waals surface area contributed by atoms with Crippen molar-refractivity contribution in [3.63, 3.8) is 0 Å². The van der Waals surface area contributed by atoms with Gasteiger partial charge in [0.1, 0.15) is 29.6 Å². The first kappa shape index (κ1) is 25.2. The Balaban J connectivity index is 2.37. The zero-order valence-corrected chi connectivity index (χ0v) is 19.7. The van der Waals surface area contributed by atoms with Crippen molar-refractivity contribution in [2.75, 3.05) is 26.0 Å². The SMILES string of the molecule is CN=C(NC(=O)OC(C)(C)C)NC(=O)c1c(OCc2ccccc2)ccc(C#N)c1N(C)C. The number of hydrogen-bond donors (Lipinski definition) is 2. The van der Waals surface area contributed by atoms with Gasteiger partial charge in [-0.3, -0.25) is 20.4 Å². The van der Waals surface area contributed by atoms with Gasteiger partial charge in [0.25, 0.3) is 5.91 Å². The molecule has 9 heteroatoms. The smallest absolute Gasteiger partial charge is 0.414 e. The lowest BCUT2D eigenvalue weighted by molar-refractivity contribution is 0.0561. The van der Waals surface area contributed by atoms with Gasteiger partial charge in [-0.15, -0.1) is 0 Å². The van der Waals surface area contributed by atoms with E-state index in [4.69, 9.17) is 9.47 Å².